The number of pyridine rings is 1. The topological polar surface area (TPSA) is 42.4 Å². The van der Waals surface area contributed by atoms with Gasteiger partial charge in [0, 0.05) is 25.5 Å². The van der Waals surface area contributed by atoms with Gasteiger partial charge in [-0.2, -0.15) is 0 Å². The van der Waals surface area contributed by atoms with E-state index in [9.17, 15) is 9.18 Å². The van der Waals surface area contributed by atoms with Crippen LogP contribution in [0.3, 0.4) is 0 Å². The van der Waals surface area contributed by atoms with E-state index >= 15 is 0 Å². The molecule has 0 N–H and O–H groups in total. The van der Waals surface area contributed by atoms with Crippen molar-refractivity contribution in [3.05, 3.63) is 60.2 Å². The standard InChI is InChI=1S/C24H27FN2O2/c1-24(2,3)29-23(28)27-14-16-8-17(15-27)10-19(9-16)21-11-20(12-22(25)13-21)18-4-6-26-7-5-18/h4-7,9,11-13,16-17H,8,10,14-15H2,1-3H3. The molecular weight excluding hydrogens is 367 g/mol. The fraction of sp³-hybridized carbons (Fsp3) is 0.417. The number of hydrogen-bond acceptors (Lipinski definition) is 3. The Balaban J connectivity index is 1.56. The number of amides is 1. The van der Waals surface area contributed by atoms with E-state index in [2.05, 4.69) is 17.1 Å². The molecule has 2 aromatic rings. The molecule has 1 amide bonds. The van der Waals surface area contributed by atoms with Crippen molar-refractivity contribution < 1.29 is 13.9 Å². The molecule has 1 aliphatic heterocycles. The zero-order valence-electron chi connectivity index (χ0n) is 17.2. The summed E-state index contributed by atoms with van der Waals surface area (Å²) in [5.74, 6) is 0.410. The number of aromatic nitrogens is 1. The summed E-state index contributed by atoms with van der Waals surface area (Å²) in [6.45, 7) is 7.00. The molecule has 1 aromatic carbocycles. The van der Waals surface area contributed by atoms with Crippen LogP contribution in [-0.4, -0.2) is 34.7 Å². The molecule has 152 valence electrons. The van der Waals surface area contributed by atoms with Crippen LogP contribution in [-0.2, 0) is 4.74 Å². The maximum atomic E-state index is 14.4. The van der Waals surface area contributed by atoms with Gasteiger partial charge in [-0.05, 0) is 98.0 Å². The normalized spacial score (nSPS) is 21.5. The monoisotopic (exact) mass is 394 g/mol. The molecule has 0 spiro atoms. The van der Waals surface area contributed by atoms with Crippen molar-refractivity contribution in [1.82, 2.24) is 9.88 Å². The summed E-state index contributed by atoms with van der Waals surface area (Å²) in [6.07, 6.45) is 7.32. The Hall–Kier alpha value is -2.69. The summed E-state index contributed by atoms with van der Waals surface area (Å²) >= 11 is 0. The van der Waals surface area contributed by atoms with Crippen molar-refractivity contribution in [1.29, 1.82) is 0 Å². The van der Waals surface area contributed by atoms with Gasteiger partial charge in [0.1, 0.15) is 11.4 Å². The predicted octanol–water partition coefficient (Wildman–Crippen LogP) is 5.55. The number of likely N-dealkylation sites (tertiary alicyclic amines) is 1. The van der Waals surface area contributed by atoms with E-state index in [1.807, 2.05) is 37.8 Å². The average molecular weight is 394 g/mol. The van der Waals surface area contributed by atoms with Crippen LogP contribution in [0.1, 0.15) is 39.2 Å². The number of rotatable bonds is 2. The maximum Gasteiger partial charge on any atom is 0.410 e. The Morgan fingerprint density at radius 1 is 1.10 bits per heavy atom. The third kappa shape index (κ3) is 4.66. The number of carbonyl (C=O) groups is 1. The lowest BCUT2D eigenvalue weighted by atomic mass is 9.77. The highest BCUT2D eigenvalue weighted by Crippen LogP contribution is 2.39. The van der Waals surface area contributed by atoms with Crippen molar-refractivity contribution >= 4 is 11.7 Å². The van der Waals surface area contributed by atoms with Gasteiger partial charge in [0.15, 0.2) is 0 Å². The van der Waals surface area contributed by atoms with Gasteiger partial charge in [0.05, 0.1) is 0 Å². The maximum absolute atomic E-state index is 14.4. The van der Waals surface area contributed by atoms with Gasteiger partial charge >= 0.3 is 6.09 Å². The van der Waals surface area contributed by atoms with Crippen molar-refractivity contribution in [3.63, 3.8) is 0 Å². The number of halogens is 1. The molecule has 2 atom stereocenters. The molecule has 2 aliphatic rings. The SMILES string of the molecule is CC(C)(C)OC(=O)N1CC2C=C(c3cc(F)cc(-c4ccncc4)c3)CC(C2)C1. The molecule has 0 radical (unpaired) electrons. The van der Waals surface area contributed by atoms with Gasteiger partial charge in [0.2, 0.25) is 0 Å². The molecule has 2 unspecified atom stereocenters. The first-order chi connectivity index (χ1) is 13.8. The second-order valence-electron chi connectivity index (χ2n) is 9.11. The lowest BCUT2D eigenvalue weighted by molar-refractivity contribution is 0.0121. The minimum absolute atomic E-state index is 0.235. The van der Waals surface area contributed by atoms with Crippen LogP contribution in [0.15, 0.2) is 48.8 Å². The summed E-state index contributed by atoms with van der Waals surface area (Å²) in [7, 11) is 0. The number of ether oxygens (including phenoxy) is 1. The van der Waals surface area contributed by atoms with Crippen molar-refractivity contribution in [2.24, 2.45) is 11.8 Å². The second-order valence-corrected chi connectivity index (χ2v) is 9.11. The van der Waals surface area contributed by atoms with Crippen LogP contribution in [0, 0.1) is 17.7 Å². The van der Waals surface area contributed by atoms with Crippen molar-refractivity contribution in [3.8, 4) is 11.1 Å². The molecule has 1 aromatic heterocycles. The van der Waals surface area contributed by atoms with Crippen LogP contribution in [0.2, 0.25) is 0 Å². The number of piperidine rings is 1. The zero-order valence-corrected chi connectivity index (χ0v) is 17.2. The van der Waals surface area contributed by atoms with Crippen LogP contribution in [0.5, 0.6) is 0 Å². The molecule has 0 saturated carbocycles. The fourth-order valence-electron chi connectivity index (χ4n) is 4.35. The Labute approximate surface area is 171 Å². The summed E-state index contributed by atoms with van der Waals surface area (Å²) in [4.78, 5) is 18.3. The smallest absolute Gasteiger partial charge is 0.410 e. The van der Waals surface area contributed by atoms with E-state index in [1.54, 1.807) is 24.5 Å². The fourth-order valence-corrected chi connectivity index (χ4v) is 4.35. The van der Waals surface area contributed by atoms with E-state index in [0.29, 0.717) is 19.0 Å². The van der Waals surface area contributed by atoms with E-state index in [1.165, 1.54) is 5.57 Å². The molecule has 2 bridgehead atoms. The third-order valence-electron chi connectivity index (χ3n) is 5.45. The Morgan fingerprint density at radius 3 is 2.52 bits per heavy atom. The quantitative estimate of drug-likeness (QED) is 0.671. The molecule has 4 nitrogen and oxygen atoms in total. The lowest BCUT2D eigenvalue weighted by Gasteiger charge is -2.40. The highest BCUT2D eigenvalue weighted by molar-refractivity contribution is 5.74. The first-order valence-electron chi connectivity index (χ1n) is 10.2. The van der Waals surface area contributed by atoms with Gasteiger partial charge in [-0.1, -0.05) is 6.08 Å². The van der Waals surface area contributed by atoms with E-state index in [0.717, 1.165) is 29.5 Å². The molecule has 1 aliphatic carbocycles. The first kappa shape index (κ1) is 19.6. The van der Waals surface area contributed by atoms with Crippen LogP contribution in [0.4, 0.5) is 9.18 Å². The van der Waals surface area contributed by atoms with E-state index in [-0.39, 0.29) is 17.8 Å². The summed E-state index contributed by atoms with van der Waals surface area (Å²) in [5, 5.41) is 0. The predicted molar refractivity (Wildman–Crippen MR) is 112 cm³/mol. The van der Waals surface area contributed by atoms with E-state index < -0.39 is 5.60 Å². The number of allylic oxidation sites excluding steroid dienone is 1. The molecule has 5 heteroatoms. The Morgan fingerprint density at radius 2 is 1.83 bits per heavy atom. The molecular formula is C24H27FN2O2. The highest BCUT2D eigenvalue weighted by Gasteiger charge is 2.35. The van der Waals surface area contributed by atoms with Crippen molar-refractivity contribution in [2.45, 2.75) is 39.2 Å². The number of carbonyl (C=O) groups excluding carboxylic acids is 1. The summed E-state index contributed by atoms with van der Waals surface area (Å²) in [6, 6.07) is 9.01. The number of fused-ring (bicyclic) bond motifs is 2. The van der Waals surface area contributed by atoms with Gasteiger partial charge in [0.25, 0.3) is 0 Å². The van der Waals surface area contributed by atoms with E-state index in [4.69, 9.17) is 4.74 Å². The van der Waals surface area contributed by atoms with Crippen LogP contribution < -0.4 is 0 Å². The molecule has 1 fully saturated rings. The average Bonchev–Trinajstić information content (AvgIpc) is 2.66. The van der Waals surface area contributed by atoms with Crippen LogP contribution in [0.25, 0.3) is 16.7 Å². The molecule has 1 saturated heterocycles. The van der Waals surface area contributed by atoms with Gasteiger partial charge in [-0.3, -0.25) is 4.98 Å². The summed E-state index contributed by atoms with van der Waals surface area (Å²) < 4.78 is 19.9. The Bertz CT molecular complexity index is 934. The molecule has 29 heavy (non-hydrogen) atoms. The van der Waals surface area contributed by atoms with Crippen molar-refractivity contribution in [2.75, 3.05) is 13.1 Å². The molecule has 4 rings (SSSR count). The first-order valence-corrected chi connectivity index (χ1v) is 10.2. The third-order valence-corrected chi connectivity index (χ3v) is 5.45. The number of nitrogens with zero attached hydrogens (tertiary/aromatic N) is 2. The molecule has 2 heterocycles. The second kappa shape index (κ2) is 7.62. The van der Waals surface area contributed by atoms with Crippen LogP contribution >= 0.6 is 0 Å². The van der Waals surface area contributed by atoms with Gasteiger partial charge in [-0.25, -0.2) is 9.18 Å². The highest BCUT2D eigenvalue weighted by atomic mass is 19.1. The summed E-state index contributed by atoms with van der Waals surface area (Å²) in [5.41, 5.74) is 3.42. The minimum atomic E-state index is -0.491. The zero-order chi connectivity index (χ0) is 20.6. The number of benzene rings is 1. The van der Waals surface area contributed by atoms with Gasteiger partial charge in [-0.15, -0.1) is 0 Å². The Kier molecular flexibility index (Phi) is 5.15. The number of hydrogen-bond donors (Lipinski definition) is 0. The lowest BCUT2D eigenvalue weighted by Crippen LogP contribution is -2.46. The minimum Gasteiger partial charge on any atom is -0.444 e. The van der Waals surface area contributed by atoms with Gasteiger partial charge < -0.3 is 9.64 Å². The largest absolute Gasteiger partial charge is 0.444 e.